The predicted octanol–water partition coefficient (Wildman–Crippen LogP) is 4.44. The van der Waals surface area contributed by atoms with Gasteiger partial charge in [-0.15, -0.1) is 0 Å². The molecule has 0 radical (unpaired) electrons. The highest BCUT2D eigenvalue weighted by molar-refractivity contribution is 14.1. The van der Waals surface area contributed by atoms with Gasteiger partial charge in [-0.2, -0.15) is 0 Å². The maximum Gasteiger partial charge on any atom is 0.165 e. The smallest absolute Gasteiger partial charge is 0.165 e. The van der Waals surface area contributed by atoms with Crippen molar-refractivity contribution in [2.24, 2.45) is 0 Å². The Labute approximate surface area is 146 Å². The third kappa shape index (κ3) is 3.01. The Morgan fingerprint density at radius 1 is 1.33 bits per heavy atom. The van der Waals surface area contributed by atoms with E-state index in [-0.39, 0.29) is 0 Å². The first-order valence-electron chi connectivity index (χ1n) is 6.73. The number of nitrogens with one attached hydrogen (secondary N) is 1. The van der Waals surface area contributed by atoms with Crippen LogP contribution in [-0.4, -0.2) is 24.1 Å². The van der Waals surface area contributed by atoms with Crippen molar-refractivity contribution in [1.82, 2.24) is 9.97 Å². The summed E-state index contributed by atoms with van der Waals surface area (Å²) in [4.78, 5) is 9.45. The highest BCUT2D eigenvalue weighted by atomic mass is 127. The highest BCUT2D eigenvalue weighted by Gasteiger charge is 2.29. The molecule has 0 unspecified atom stereocenters. The summed E-state index contributed by atoms with van der Waals surface area (Å²) in [6.07, 6.45) is 2.43. The van der Waals surface area contributed by atoms with Gasteiger partial charge < -0.3 is 10.1 Å². The van der Waals surface area contributed by atoms with Gasteiger partial charge in [0.15, 0.2) is 5.82 Å². The molecule has 2 aromatic rings. The Morgan fingerprint density at radius 3 is 2.71 bits per heavy atom. The van der Waals surface area contributed by atoms with Crippen molar-refractivity contribution >= 4 is 44.3 Å². The second-order valence-electron chi connectivity index (χ2n) is 4.96. The normalized spacial score (nSPS) is 14.1. The van der Waals surface area contributed by atoms with Crippen LogP contribution in [0.3, 0.4) is 0 Å². The fourth-order valence-corrected chi connectivity index (χ4v) is 3.55. The van der Waals surface area contributed by atoms with E-state index < -0.39 is 0 Å². The summed E-state index contributed by atoms with van der Waals surface area (Å²) in [5.74, 6) is 2.94. The standard InChI is InChI=1S/C15H15BrIN3O/c1-18-15-12(17)13(8-3-4-8)19-14(20-15)10-7-9(16)5-6-11(10)21-2/h5-8H,3-4H2,1-2H3,(H,18,19,20). The van der Waals surface area contributed by atoms with Crippen LogP contribution in [0, 0.1) is 3.57 Å². The lowest BCUT2D eigenvalue weighted by atomic mass is 10.1. The van der Waals surface area contributed by atoms with E-state index in [1.807, 2.05) is 25.2 Å². The summed E-state index contributed by atoms with van der Waals surface area (Å²) >= 11 is 5.83. The molecule has 1 saturated carbocycles. The van der Waals surface area contributed by atoms with Gasteiger partial charge in [0, 0.05) is 17.4 Å². The molecular weight excluding hydrogens is 445 g/mol. The van der Waals surface area contributed by atoms with E-state index in [4.69, 9.17) is 9.72 Å². The molecule has 0 saturated heterocycles. The van der Waals surface area contributed by atoms with E-state index in [0.29, 0.717) is 11.7 Å². The van der Waals surface area contributed by atoms with Gasteiger partial charge in [0.1, 0.15) is 11.6 Å². The fourth-order valence-electron chi connectivity index (χ4n) is 2.23. The lowest BCUT2D eigenvalue weighted by molar-refractivity contribution is 0.416. The lowest BCUT2D eigenvalue weighted by Crippen LogP contribution is -2.05. The van der Waals surface area contributed by atoms with Crippen molar-refractivity contribution < 1.29 is 4.74 Å². The average Bonchev–Trinajstić information content (AvgIpc) is 3.32. The van der Waals surface area contributed by atoms with Gasteiger partial charge in [-0.05, 0) is 53.6 Å². The first kappa shape index (κ1) is 15.0. The van der Waals surface area contributed by atoms with Gasteiger partial charge in [-0.3, -0.25) is 0 Å². The molecule has 1 aliphatic carbocycles. The van der Waals surface area contributed by atoms with Gasteiger partial charge in [0.25, 0.3) is 0 Å². The second-order valence-corrected chi connectivity index (χ2v) is 6.96. The number of hydrogen-bond acceptors (Lipinski definition) is 4. The van der Waals surface area contributed by atoms with Crippen LogP contribution in [0.25, 0.3) is 11.4 Å². The Kier molecular flexibility index (Phi) is 4.35. The van der Waals surface area contributed by atoms with E-state index in [1.54, 1.807) is 7.11 Å². The van der Waals surface area contributed by atoms with Gasteiger partial charge >= 0.3 is 0 Å². The monoisotopic (exact) mass is 459 g/mol. The number of halogens is 2. The van der Waals surface area contributed by atoms with E-state index in [0.717, 1.165) is 30.9 Å². The fraction of sp³-hybridized carbons (Fsp3) is 0.333. The molecule has 1 fully saturated rings. The van der Waals surface area contributed by atoms with Crippen LogP contribution in [0.5, 0.6) is 5.75 Å². The van der Waals surface area contributed by atoms with Crippen molar-refractivity contribution in [2.45, 2.75) is 18.8 Å². The molecule has 1 aromatic heterocycles. The second kappa shape index (κ2) is 6.08. The number of nitrogens with zero attached hydrogens (tertiary/aromatic N) is 2. The number of benzene rings is 1. The van der Waals surface area contributed by atoms with Crippen molar-refractivity contribution in [3.05, 3.63) is 31.9 Å². The summed E-state index contributed by atoms with van der Waals surface area (Å²) in [6, 6.07) is 5.88. The van der Waals surface area contributed by atoms with E-state index in [9.17, 15) is 0 Å². The third-order valence-corrected chi connectivity index (χ3v) is 5.04. The van der Waals surface area contributed by atoms with Gasteiger partial charge in [-0.1, -0.05) is 15.9 Å². The zero-order chi connectivity index (χ0) is 15.0. The van der Waals surface area contributed by atoms with Crippen LogP contribution < -0.4 is 10.1 Å². The van der Waals surface area contributed by atoms with E-state index in [2.05, 4.69) is 48.8 Å². The number of hydrogen-bond donors (Lipinski definition) is 1. The molecule has 1 N–H and O–H groups in total. The van der Waals surface area contributed by atoms with E-state index >= 15 is 0 Å². The summed E-state index contributed by atoms with van der Waals surface area (Å²) in [7, 11) is 3.56. The third-order valence-electron chi connectivity index (χ3n) is 3.48. The van der Waals surface area contributed by atoms with Gasteiger partial charge in [-0.25, -0.2) is 9.97 Å². The maximum atomic E-state index is 5.45. The minimum absolute atomic E-state index is 0.573. The van der Waals surface area contributed by atoms with E-state index in [1.165, 1.54) is 12.8 Å². The van der Waals surface area contributed by atoms with Crippen LogP contribution in [0.4, 0.5) is 5.82 Å². The molecule has 1 aliphatic rings. The minimum atomic E-state index is 0.573. The van der Waals surface area contributed by atoms with Crippen molar-refractivity contribution in [3.8, 4) is 17.1 Å². The predicted molar refractivity (Wildman–Crippen MR) is 96.0 cm³/mol. The molecule has 3 rings (SSSR count). The van der Waals surface area contributed by atoms with Gasteiger partial charge in [0.2, 0.25) is 0 Å². The Hall–Kier alpha value is -0.890. The molecule has 0 amide bonds. The lowest BCUT2D eigenvalue weighted by Gasteiger charge is -2.13. The number of aromatic nitrogens is 2. The number of rotatable bonds is 4. The highest BCUT2D eigenvalue weighted by Crippen LogP contribution is 2.43. The quantitative estimate of drug-likeness (QED) is 0.686. The summed E-state index contributed by atoms with van der Waals surface area (Å²) in [6.45, 7) is 0. The molecule has 0 bridgehead atoms. The topological polar surface area (TPSA) is 47.0 Å². The zero-order valence-electron chi connectivity index (χ0n) is 11.8. The molecule has 0 atom stereocenters. The first-order valence-corrected chi connectivity index (χ1v) is 8.60. The van der Waals surface area contributed by atoms with Gasteiger partial charge in [0.05, 0.1) is 21.9 Å². The molecule has 0 aliphatic heterocycles. The Morgan fingerprint density at radius 2 is 2.10 bits per heavy atom. The van der Waals surface area contributed by atoms with Crippen LogP contribution in [0.2, 0.25) is 0 Å². The molecular formula is C15H15BrIN3O. The molecule has 1 aromatic carbocycles. The Balaban J connectivity index is 2.18. The minimum Gasteiger partial charge on any atom is -0.496 e. The number of methoxy groups -OCH3 is 1. The van der Waals surface area contributed by atoms with Crippen LogP contribution >= 0.6 is 38.5 Å². The number of anilines is 1. The zero-order valence-corrected chi connectivity index (χ0v) is 15.5. The summed E-state index contributed by atoms with van der Waals surface area (Å²) < 4.78 is 7.56. The maximum absolute atomic E-state index is 5.45. The summed E-state index contributed by atoms with van der Waals surface area (Å²) in [5, 5.41) is 3.17. The average molecular weight is 460 g/mol. The largest absolute Gasteiger partial charge is 0.496 e. The van der Waals surface area contributed by atoms with Crippen molar-refractivity contribution in [2.75, 3.05) is 19.5 Å². The molecule has 4 nitrogen and oxygen atoms in total. The molecule has 110 valence electrons. The SMILES string of the molecule is CNc1nc(-c2cc(Br)ccc2OC)nc(C2CC2)c1I. The van der Waals surface area contributed by atoms with Crippen LogP contribution in [0.15, 0.2) is 22.7 Å². The summed E-state index contributed by atoms with van der Waals surface area (Å²) in [5.41, 5.74) is 2.05. The molecule has 1 heterocycles. The first-order chi connectivity index (χ1) is 10.1. The van der Waals surface area contributed by atoms with Crippen LogP contribution in [-0.2, 0) is 0 Å². The molecule has 0 spiro atoms. The van der Waals surface area contributed by atoms with Crippen molar-refractivity contribution in [3.63, 3.8) is 0 Å². The van der Waals surface area contributed by atoms with Crippen molar-refractivity contribution in [1.29, 1.82) is 0 Å². The molecule has 21 heavy (non-hydrogen) atoms. The van der Waals surface area contributed by atoms with Crippen LogP contribution in [0.1, 0.15) is 24.5 Å². The number of ether oxygens (including phenoxy) is 1. The Bertz CT molecular complexity index is 689. The molecule has 6 heteroatoms.